The van der Waals surface area contributed by atoms with E-state index in [0.29, 0.717) is 36.9 Å². The van der Waals surface area contributed by atoms with Crippen molar-refractivity contribution in [2.75, 3.05) is 13.2 Å². The molecule has 1 saturated carbocycles. The zero-order chi connectivity index (χ0) is 35.3. The first-order valence-corrected chi connectivity index (χ1v) is 16.7. The van der Waals surface area contributed by atoms with Crippen molar-refractivity contribution in [3.05, 3.63) is 36.0 Å². The van der Waals surface area contributed by atoms with Gasteiger partial charge in [-0.3, -0.25) is 35.4 Å². The van der Waals surface area contributed by atoms with E-state index >= 15 is 0 Å². The number of carbonyl (C=O) groups excluding carboxylic acids is 5. The molecule has 1 aromatic heterocycles. The Morgan fingerprint density at radius 3 is 2.31 bits per heavy atom. The monoisotopic (exact) mass is 670 g/mol. The third-order valence-corrected chi connectivity index (χ3v) is 8.18. The van der Waals surface area contributed by atoms with Crippen LogP contribution in [-0.4, -0.2) is 77.7 Å². The maximum absolute atomic E-state index is 14.0. The summed E-state index contributed by atoms with van der Waals surface area (Å²) in [4.78, 5) is 68.4. The quantitative estimate of drug-likeness (QED) is 0.0489. The molecule has 0 spiro atoms. The molecule has 3 atom stereocenters. The van der Waals surface area contributed by atoms with Crippen molar-refractivity contribution in [3.8, 4) is 0 Å². The fourth-order valence-electron chi connectivity index (χ4n) is 5.97. The molecule has 1 fully saturated rings. The number of esters is 1. The van der Waals surface area contributed by atoms with Crippen molar-refractivity contribution in [2.24, 2.45) is 17.4 Å². The fraction of sp³-hybridized carbons (Fsp3) is 0.588. The predicted octanol–water partition coefficient (Wildman–Crippen LogP) is 0.753. The van der Waals surface area contributed by atoms with Gasteiger partial charge in [-0.05, 0) is 64.5 Å². The van der Waals surface area contributed by atoms with Crippen LogP contribution in [0, 0.1) is 5.92 Å². The molecular formula is C34H52N7O7+. The highest BCUT2D eigenvalue weighted by atomic mass is 16.6. The number of benzene rings is 1. The second kappa shape index (κ2) is 18.1. The summed E-state index contributed by atoms with van der Waals surface area (Å²) in [7, 11) is 0. The van der Waals surface area contributed by atoms with Crippen molar-refractivity contribution in [2.45, 2.75) is 109 Å². The number of para-hydroxylation sites is 1. The third-order valence-electron chi connectivity index (χ3n) is 8.18. The van der Waals surface area contributed by atoms with Crippen LogP contribution in [0.5, 0.6) is 0 Å². The number of amides is 3. The van der Waals surface area contributed by atoms with Crippen LogP contribution in [0.2, 0.25) is 0 Å². The van der Waals surface area contributed by atoms with Gasteiger partial charge in [-0.15, -0.1) is 0 Å². The zero-order valence-corrected chi connectivity index (χ0v) is 28.5. The molecule has 0 saturated heterocycles. The molecule has 14 heteroatoms. The first kappa shape index (κ1) is 37.8. The lowest BCUT2D eigenvalue weighted by Crippen LogP contribution is -2.78. The van der Waals surface area contributed by atoms with E-state index in [9.17, 15) is 24.0 Å². The van der Waals surface area contributed by atoms with Crippen LogP contribution in [0.25, 0.3) is 10.9 Å². The van der Waals surface area contributed by atoms with Crippen LogP contribution < -0.4 is 32.4 Å². The molecule has 0 radical (unpaired) electrons. The number of fused-ring (bicyclic) bond motifs is 1. The largest absolute Gasteiger partial charge is 0.464 e. The Balaban J connectivity index is 1.93. The van der Waals surface area contributed by atoms with Crippen LogP contribution >= 0.6 is 0 Å². The van der Waals surface area contributed by atoms with Crippen molar-refractivity contribution in [3.63, 3.8) is 0 Å². The van der Waals surface area contributed by atoms with E-state index in [1.807, 2.05) is 12.1 Å². The van der Waals surface area contributed by atoms with E-state index in [0.717, 1.165) is 37.5 Å². The Bertz CT molecular complexity index is 1440. The highest BCUT2D eigenvalue weighted by Crippen LogP contribution is 2.28. The van der Waals surface area contributed by atoms with Gasteiger partial charge in [-0.1, -0.05) is 50.3 Å². The van der Waals surface area contributed by atoms with E-state index in [4.69, 9.17) is 20.9 Å². The molecule has 48 heavy (non-hydrogen) atoms. The molecule has 3 amide bonds. The van der Waals surface area contributed by atoms with Gasteiger partial charge < -0.3 is 25.4 Å². The number of rotatable bonds is 16. The Morgan fingerprint density at radius 1 is 1.00 bits per heavy atom. The molecule has 8 N–H and O–H groups in total. The fourth-order valence-corrected chi connectivity index (χ4v) is 5.97. The lowest BCUT2D eigenvalue weighted by molar-refractivity contribution is -0.459. The maximum atomic E-state index is 14.0. The lowest BCUT2D eigenvalue weighted by atomic mass is 9.84. The second-order valence-corrected chi connectivity index (χ2v) is 13.2. The molecule has 264 valence electrons. The van der Waals surface area contributed by atoms with E-state index in [1.54, 1.807) is 46.0 Å². The number of nitrogens with two attached hydrogens (primary N) is 2. The molecule has 1 unspecified atom stereocenters. The van der Waals surface area contributed by atoms with E-state index in [2.05, 4.69) is 20.9 Å². The molecule has 0 aliphatic heterocycles. The average molecular weight is 671 g/mol. The Hall–Kier alpha value is -4.62. The zero-order valence-electron chi connectivity index (χ0n) is 28.5. The number of aromatic nitrogens is 1. The van der Waals surface area contributed by atoms with Crippen LogP contribution in [0.3, 0.4) is 0 Å². The van der Waals surface area contributed by atoms with Gasteiger partial charge in [0.1, 0.15) is 23.7 Å². The number of nitrogens with zero attached hydrogens (tertiary/aromatic N) is 1. The summed E-state index contributed by atoms with van der Waals surface area (Å²) < 4.78 is 12.1. The van der Waals surface area contributed by atoms with E-state index < -0.39 is 47.6 Å². The number of hydrogen-bond acceptors (Lipinski definition) is 7. The van der Waals surface area contributed by atoms with Crippen molar-refractivity contribution in [1.82, 2.24) is 20.5 Å². The summed E-state index contributed by atoms with van der Waals surface area (Å²) in [6, 6.07) is 4.04. The summed E-state index contributed by atoms with van der Waals surface area (Å²) in [6.45, 7) is 7.34. The SMILES string of the molecule is CCOC(=O)[C@@H](CCC[NH+]=C(N)N)NC(=O)C(Cc1cn(C=O)c2ccccc12)NC(=O)[C@@H](CC1CCCCC1)NC(=O)OC(C)(C)C. The minimum absolute atomic E-state index is 0.00270. The molecule has 1 aliphatic carbocycles. The van der Waals surface area contributed by atoms with Gasteiger partial charge >= 0.3 is 18.0 Å². The van der Waals surface area contributed by atoms with Crippen LogP contribution in [-0.2, 0) is 35.1 Å². The lowest BCUT2D eigenvalue weighted by Gasteiger charge is -2.29. The van der Waals surface area contributed by atoms with Crippen molar-refractivity contribution < 1.29 is 38.4 Å². The van der Waals surface area contributed by atoms with Gasteiger partial charge in [0, 0.05) is 18.0 Å². The number of guanidine groups is 1. The van der Waals surface area contributed by atoms with Crippen molar-refractivity contribution >= 4 is 47.1 Å². The number of hydrogen-bond donors (Lipinski definition) is 6. The van der Waals surface area contributed by atoms with Gasteiger partial charge in [0.2, 0.25) is 18.2 Å². The molecular weight excluding hydrogens is 618 g/mol. The number of carbonyl (C=O) groups is 5. The summed E-state index contributed by atoms with van der Waals surface area (Å²) in [6.07, 6.45) is 7.62. The Kier molecular flexibility index (Phi) is 14.2. The summed E-state index contributed by atoms with van der Waals surface area (Å²) in [5.41, 5.74) is 11.4. The minimum atomic E-state index is -1.18. The molecule has 1 aliphatic rings. The summed E-state index contributed by atoms with van der Waals surface area (Å²) in [5, 5.41) is 9.08. The molecule has 1 aromatic carbocycles. The summed E-state index contributed by atoms with van der Waals surface area (Å²) >= 11 is 0. The van der Waals surface area contributed by atoms with Gasteiger partial charge in [0.05, 0.1) is 18.7 Å². The second-order valence-electron chi connectivity index (χ2n) is 13.2. The predicted molar refractivity (Wildman–Crippen MR) is 181 cm³/mol. The van der Waals surface area contributed by atoms with Gasteiger partial charge in [-0.25, -0.2) is 9.59 Å². The average Bonchev–Trinajstić information content (AvgIpc) is 3.38. The molecule has 0 bridgehead atoms. The van der Waals surface area contributed by atoms with E-state index in [1.165, 1.54) is 4.57 Å². The summed E-state index contributed by atoms with van der Waals surface area (Å²) in [5.74, 6) is -1.57. The highest BCUT2D eigenvalue weighted by Gasteiger charge is 2.33. The Morgan fingerprint density at radius 2 is 1.67 bits per heavy atom. The van der Waals surface area contributed by atoms with Crippen LogP contribution in [0.1, 0.15) is 84.6 Å². The van der Waals surface area contributed by atoms with Crippen molar-refractivity contribution in [1.29, 1.82) is 0 Å². The number of alkyl carbamates (subject to hydrolysis) is 1. The highest BCUT2D eigenvalue weighted by molar-refractivity contribution is 5.94. The van der Waals surface area contributed by atoms with Crippen LogP contribution in [0.4, 0.5) is 4.79 Å². The first-order chi connectivity index (χ1) is 22.8. The Labute approximate surface area is 281 Å². The van der Waals surface area contributed by atoms with Crippen LogP contribution in [0.15, 0.2) is 30.5 Å². The smallest absolute Gasteiger partial charge is 0.408 e. The van der Waals surface area contributed by atoms with E-state index in [-0.39, 0.29) is 31.3 Å². The number of nitrogens with one attached hydrogen (secondary N) is 4. The topological polar surface area (TPSA) is 211 Å². The first-order valence-electron chi connectivity index (χ1n) is 16.7. The maximum Gasteiger partial charge on any atom is 0.408 e. The normalized spacial score (nSPS) is 15.4. The standard InChI is InChI=1S/C34H51N7O7/c1-5-47-31(45)25(15-11-17-37-32(35)36)38-30(44)27(19-23-20-41(21-42)28-16-10-9-14-24(23)28)39-29(43)26(18-22-12-7-6-8-13-22)40-33(46)48-34(2,3)4/h9-10,14,16,20-22,25-27H,5-8,11-13,15,17-19H2,1-4H3,(H,38,44)(H,39,43)(H,40,46)(H4,35,36,37)/p+1/t25-,26-,27?/m1/s1. The van der Waals surface area contributed by atoms with Gasteiger partial charge in [-0.2, -0.15) is 0 Å². The third kappa shape index (κ3) is 11.9. The molecule has 2 aromatic rings. The van der Waals surface area contributed by atoms with Gasteiger partial charge in [0.25, 0.3) is 0 Å². The minimum Gasteiger partial charge on any atom is -0.464 e. The molecule has 3 rings (SSSR count). The van der Waals surface area contributed by atoms with Gasteiger partial charge in [0.15, 0.2) is 0 Å². The number of ether oxygens (including phenoxy) is 2. The molecule has 14 nitrogen and oxygen atoms in total. The molecule has 1 heterocycles.